The van der Waals surface area contributed by atoms with Crippen molar-refractivity contribution in [3.8, 4) is 0 Å². The average molecular weight is 327 g/mol. The topological polar surface area (TPSA) is 20.2 Å². The van der Waals surface area contributed by atoms with E-state index < -0.39 is 11.9 Å². The molecule has 19 heavy (non-hydrogen) atoms. The second-order valence-corrected chi connectivity index (χ2v) is 5.23. The largest absolute Gasteiger partial charge is 0.388 e. The van der Waals surface area contributed by atoms with E-state index in [1.165, 1.54) is 18.2 Å². The van der Waals surface area contributed by atoms with Crippen molar-refractivity contribution in [3.05, 3.63) is 69.2 Å². The van der Waals surface area contributed by atoms with Crippen LogP contribution >= 0.6 is 15.9 Å². The molecule has 0 radical (unpaired) electrons. The van der Waals surface area contributed by atoms with E-state index in [1.807, 2.05) is 0 Å². The van der Waals surface area contributed by atoms with E-state index >= 15 is 0 Å². The summed E-state index contributed by atoms with van der Waals surface area (Å²) in [6, 6.07) is 8.95. The van der Waals surface area contributed by atoms with Gasteiger partial charge < -0.3 is 5.11 Å². The fourth-order valence-corrected chi connectivity index (χ4v) is 2.51. The molecule has 0 aromatic heterocycles. The predicted octanol–water partition coefficient (Wildman–Crippen LogP) is 4.31. The third-order valence-corrected chi connectivity index (χ3v) is 3.89. The van der Waals surface area contributed by atoms with E-state index in [0.717, 1.165) is 11.1 Å². The van der Waals surface area contributed by atoms with Crippen LogP contribution in [0.3, 0.4) is 0 Å². The average Bonchev–Trinajstić information content (AvgIpc) is 2.36. The Hall–Kier alpha value is -1.26. The van der Waals surface area contributed by atoms with E-state index in [4.69, 9.17) is 0 Å². The summed E-state index contributed by atoms with van der Waals surface area (Å²) in [6.45, 7) is 1.78. The van der Waals surface area contributed by atoms with E-state index in [-0.39, 0.29) is 10.3 Å². The first kappa shape index (κ1) is 14.2. The van der Waals surface area contributed by atoms with Gasteiger partial charge in [0.1, 0.15) is 11.6 Å². The Bertz CT molecular complexity index is 599. The SMILES string of the molecule is Cc1cc(F)ccc1CC(O)c1cccc(F)c1Br. The molecule has 0 fully saturated rings. The number of aryl methyl sites for hydroxylation is 1. The summed E-state index contributed by atoms with van der Waals surface area (Å²) >= 11 is 3.13. The highest BCUT2D eigenvalue weighted by Crippen LogP contribution is 2.29. The number of aliphatic hydroxyl groups excluding tert-OH is 1. The maximum Gasteiger partial charge on any atom is 0.137 e. The summed E-state index contributed by atoms with van der Waals surface area (Å²) in [5.74, 6) is -0.713. The van der Waals surface area contributed by atoms with Gasteiger partial charge in [0, 0.05) is 6.42 Å². The Morgan fingerprint density at radius 2 is 1.95 bits per heavy atom. The molecule has 4 heteroatoms. The molecule has 1 nitrogen and oxygen atoms in total. The first-order valence-corrected chi connectivity index (χ1v) is 6.65. The zero-order valence-electron chi connectivity index (χ0n) is 10.3. The minimum absolute atomic E-state index is 0.266. The van der Waals surface area contributed by atoms with Crippen LogP contribution in [-0.2, 0) is 6.42 Å². The number of hydrogen-bond donors (Lipinski definition) is 1. The molecule has 2 rings (SSSR count). The van der Waals surface area contributed by atoms with Crippen LogP contribution in [-0.4, -0.2) is 5.11 Å². The smallest absolute Gasteiger partial charge is 0.137 e. The Morgan fingerprint density at radius 3 is 2.63 bits per heavy atom. The van der Waals surface area contributed by atoms with Crippen molar-refractivity contribution in [3.63, 3.8) is 0 Å². The van der Waals surface area contributed by atoms with Crippen molar-refractivity contribution in [2.75, 3.05) is 0 Å². The van der Waals surface area contributed by atoms with Crippen LogP contribution < -0.4 is 0 Å². The van der Waals surface area contributed by atoms with Gasteiger partial charge in [-0.3, -0.25) is 0 Å². The van der Waals surface area contributed by atoms with E-state index in [0.29, 0.717) is 12.0 Å². The first-order valence-electron chi connectivity index (χ1n) is 5.86. The second kappa shape index (κ2) is 5.80. The first-order chi connectivity index (χ1) is 8.99. The van der Waals surface area contributed by atoms with Crippen LogP contribution in [0.4, 0.5) is 8.78 Å². The highest BCUT2D eigenvalue weighted by Gasteiger charge is 2.15. The summed E-state index contributed by atoms with van der Waals surface area (Å²) in [6.07, 6.45) is -0.525. The molecular weight excluding hydrogens is 314 g/mol. The zero-order valence-corrected chi connectivity index (χ0v) is 11.9. The Kier molecular flexibility index (Phi) is 4.32. The van der Waals surface area contributed by atoms with Gasteiger partial charge >= 0.3 is 0 Å². The molecule has 1 unspecified atom stereocenters. The van der Waals surface area contributed by atoms with Crippen LogP contribution in [0.2, 0.25) is 0 Å². The monoisotopic (exact) mass is 326 g/mol. The van der Waals surface area contributed by atoms with Crippen molar-refractivity contribution in [2.45, 2.75) is 19.4 Å². The zero-order chi connectivity index (χ0) is 14.0. The molecule has 0 saturated carbocycles. The van der Waals surface area contributed by atoms with Gasteiger partial charge in [-0.25, -0.2) is 8.78 Å². The Balaban J connectivity index is 2.25. The van der Waals surface area contributed by atoms with E-state index in [1.54, 1.807) is 25.1 Å². The fourth-order valence-electron chi connectivity index (χ4n) is 1.98. The number of halogens is 3. The minimum atomic E-state index is -0.839. The van der Waals surface area contributed by atoms with Crippen LogP contribution in [0.5, 0.6) is 0 Å². The van der Waals surface area contributed by atoms with E-state index in [2.05, 4.69) is 15.9 Å². The molecule has 0 aliphatic rings. The molecule has 0 bridgehead atoms. The lowest BCUT2D eigenvalue weighted by molar-refractivity contribution is 0.177. The Labute approximate surface area is 119 Å². The third kappa shape index (κ3) is 3.19. The Morgan fingerprint density at radius 1 is 1.21 bits per heavy atom. The maximum atomic E-state index is 13.4. The summed E-state index contributed by atoms with van der Waals surface area (Å²) in [4.78, 5) is 0. The summed E-state index contributed by atoms with van der Waals surface area (Å²) in [7, 11) is 0. The van der Waals surface area contributed by atoms with Crippen molar-refractivity contribution in [1.82, 2.24) is 0 Å². The lowest BCUT2D eigenvalue weighted by Crippen LogP contribution is -2.05. The van der Waals surface area contributed by atoms with Gasteiger partial charge in [-0.15, -0.1) is 0 Å². The fraction of sp³-hybridized carbons (Fsp3) is 0.200. The van der Waals surface area contributed by atoms with Crippen LogP contribution in [0, 0.1) is 18.6 Å². The van der Waals surface area contributed by atoms with Gasteiger partial charge in [-0.2, -0.15) is 0 Å². The van der Waals surface area contributed by atoms with E-state index in [9.17, 15) is 13.9 Å². The normalized spacial score (nSPS) is 12.5. The molecule has 0 amide bonds. The number of hydrogen-bond acceptors (Lipinski definition) is 1. The minimum Gasteiger partial charge on any atom is -0.388 e. The highest BCUT2D eigenvalue weighted by atomic mass is 79.9. The van der Waals surface area contributed by atoms with Crippen molar-refractivity contribution in [1.29, 1.82) is 0 Å². The summed E-state index contributed by atoms with van der Waals surface area (Å²) in [5, 5.41) is 10.2. The highest BCUT2D eigenvalue weighted by molar-refractivity contribution is 9.10. The van der Waals surface area contributed by atoms with Gasteiger partial charge in [0.25, 0.3) is 0 Å². The lowest BCUT2D eigenvalue weighted by Gasteiger charge is -2.15. The summed E-state index contributed by atoms with van der Waals surface area (Å²) < 4.78 is 26.7. The molecule has 2 aromatic carbocycles. The molecular formula is C15H13BrF2O. The molecule has 1 N–H and O–H groups in total. The molecule has 100 valence electrons. The number of rotatable bonds is 3. The van der Waals surface area contributed by atoms with Gasteiger partial charge in [0.15, 0.2) is 0 Å². The standard InChI is InChI=1S/C15H13BrF2O/c1-9-7-11(17)6-5-10(9)8-14(19)12-3-2-4-13(18)15(12)16/h2-7,14,19H,8H2,1H3. The van der Waals surface area contributed by atoms with Gasteiger partial charge in [-0.1, -0.05) is 18.2 Å². The lowest BCUT2D eigenvalue weighted by atomic mass is 9.98. The van der Waals surface area contributed by atoms with Crippen molar-refractivity contribution < 1.29 is 13.9 Å². The number of aliphatic hydroxyl groups is 1. The van der Waals surface area contributed by atoms with Crippen molar-refractivity contribution in [2.24, 2.45) is 0 Å². The van der Waals surface area contributed by atoms with Crippen LogP contribution in [0.1, 0.15) is 22.8 Å². The van der Waals surface area contributed by atoms with Crippen molar-refractivity contribution >= 4 is 15.9 Å². The molecule has 0 heterocycles. The van der Waals surface area contributed by atoms with Crippen LogP contribution in [0.25, 0.3) is 0 Å². The summed E-state index contributed by atoms with van der Waals surface area (Å²) in [5.41, 5.74) is 2.10. The molecule has 0 spiro atoms. The maximum absolute atomic E-state index is 13.4. The second-order valence-electron chi connectivity index (χ2n) is 4.43. The van der Waals surface area contributed by atoms with Crippen LogP contribution in [0.15, 0.2) is 40.9 Å². The third-order valence-electron chi connectivity index (χ3n) is 3.06. The van der Waals surface area contributed by atoms with Gasteiger partial charge in [0.05, 0.1) is 10.6 Å². The van der Waals surface area contributed by atoms with Gasteiger partial charge in [-0.05, 0) is 57.7 Å². The molecule has 0 aliphatic carbocycles. The predicted molar refractivity (Wildman–Crippen MR) is 73.9 cm³/mol. The van der Waals surface area contributed by atoms with Gasteiger partial charge in [0.2, 0.25) is 0 Å². The molecule has 0 aliphatic heterocycles. The molecule has 1 atom stereocenters. The quantitative estimate of drug-likeness (QED) is 0.891. The molecule has 2 aromatic rings. The molecule has 0 saturated heterocycles. The number of benzene rings is 2.